The highest BCUT2D eigenvalue weighted by Gasteiger charge is 2.29. The Labute approximate surface area is 184 Å². The Morgan fingerprint density at radius 2 is 2.00 bits per heavy atom. The molecular formula is C21H28BrN3O3S. The molecule has 0 spiro atoms. The summed E-state index contributed by atoms with van der Waals surface area (Å²) in [7, 11) is 1.83. The predicted molar refractivity (Wildman–Crippen MR) is 118 cm³/mol. The van der Waals surface area contributed by atoms with Crippen molar-refractivity contribution in [3.63, 3.8) is 0 Å². The zero-order valence-corrected chi connectivity index (χ0v) is 19.8. The number of hydrogen-bond donors (Lipinski definition) is 0. The van der Waals surface area contributed by atoms with Gasteiger partial charge >= 0.3 is 6.09 Å². The van der Waals surface area contributed by atoms with E-state index in [1.165, 1.54) is 0 Å². The molecular weight excluding hydrogens is 454 g/mol. The first-order valence-electron chi connectivity index (χ1n) is 9.77. The van der Waals surface area contributed by atoms with Crippen molar-refractivity contribution in [2.24, 2.45) is 0 Å². The number of hydrogen-bond acceptors (Lipinski definition) is 4. The van der Waals surface area contributed by atoms with Crippen LogP contribution in [0.4, 0.5) is 4.79 Å². The smallest absolute Gasteiger partial charge is 0.410 e. The average Bonchev–Trinajstić information content (AvgIpc) is 3.29. The zero-order chi connectivity index (χ0) is 21.2. The minimum atomic E-state index is -0.489. The van der Waals surface area contributed by atoms with Gasteiger partial charge in [-0.2, -0.15) is 0 Å². The standard InChI is InChI=1S/C21H28BrN3O3S/c1-21(2,3)28-20(27)24-10-7-16(8-11-24)25-9-5-6-18(25)19(26)23(4)13-17-12-15(22)14-29-17/h5-6,9,12,14,16H,7-8,10-11,13H2,1-4H3. The molecule has 2 aromatic heterocycles. The van der Waals surface area contributed by atoms with Gasteiger partial charge in [0.15, 0.2) is 0 Å². The maximum Gasteiger partial charge on any atom is 0.410 e. The van der Waals surface area contributed by atoms with Gasteiger partial charge in [0.1, 0.15) is 11.3 Å². The van der Waals surface area contributed by atoms with E-state index in [2.05, 4.69) is 20.5 Å². The fourth-order valence-electron chi connectivity index (χ4n) is 3.48. The predicted octanol–water partition coefficient (Wildman–Crippen LogP) is 5.16. The van der Waals surface area contributed by atoms with Crippen molar-refractivity contribution in [3.05, 3.63) is 44.8 Å². The molecule has 0 N–H and O–H groups in total. The van der Waals surface area contributed by atoms with Crippen molar-refractivity contribution in [1.29, 1.82) is 0 Å². The lowest BCUT2D eigenvalue weighted by Crippen LogP contribution is -2.42. The van der Waals surface area contributed by atoms with E-state index in [0.717, 1.165) is 22.2 Å². The van der Waals surface area contributed by atoms with E-state index in [9.17, 15) is 9.59 Å². The summed E-state index contributed by atoms with van der Waals surface area (Å²) >= 11 is 5.09. The van der Waals surface area contributed by atoms with Gasteiger partial charge in [0, 0.05) is 47.1 Å². The van der Waals surface area contributed by atoms with E-state index >= 15 is 0 Å². The molecule has 2 amide bonds. The number of likely N-dealkylation sites (tertiary alicyclic amines) is 1. The fourth-order valence-corrected chi connectivity index (χ4v) is 4.99. The lowest BCUT2D eigenvalue weighted by atomic mass is 10.0. The molecule has 1 fully saturated rings. The monoisotopic (exact) mass is 481 g/mol. The van der Waals surface area contributed by atoms with Gasteiger partial charge in [-0.05, 0) is 67.7 Å². The average molecular weight is 482 g/mol. The third-order valence-electron chi connectivity index (χ3n) is 4.87. The van der Waals surface area contributed by atoms with Gasteiger partial charge in [0.25, 0.3) is 5.91 Å². The highest BCUT2D eigenvalue weighted by Crippen LogP contribution is 2.27. The third kappa shape index (κ3) is 5.63. The molecule has 6 nitrogen and oxygen atoms in total. The zero-order valence-electron chi connectivity index (χ0n) is 17.4. The maximum atomic E-state index is 13.0. The molecule has 0 bridgehead atoms. The van der Waals surface area contributed by atoms with Crippen molar-refractivity contribution in [2.45, 2.75) is 51.8 Å². The van der Waals surface area contributed by atoms with Gasteiger partial charge in [-0.1, -0.05) is 0 Å². The summed E-state index contributed by atoms with van der Waals surface area (Å²) in [6.07, 6.45) is 3.31. The summed E-state index contributed by atoms with van der Waals surface area (Å²) in [4.78, 5) is 29.9. The molecule has 0 radical (unpaired) electrons. The number of carbonyl (C=O) groups excluding carboxylic acids is 2. The van der Waals surface area contributed by atoms with E-state index in [-0.39, 0.29) is 18.0 Å². The second-order valence-corrected chi connectivity index (χ2v) is 10.3. The Hall–Kier alpha value is -1.80. The SMILES string of the molecule is CN(Cc1cc(Br)cs1)C(=O)c1cccn1C1CCN(C(=O)OC(C)(C)C)CC1. The lowest BCUT2D eigenvalue weighted by molar-refractivity contribution is 0.0186. The van der Waals surface area contributed by atoms with Crippen LogP contribution in [-0.4, -0.2) is 52.1 Å². The van der Waals surface area contributed by atoms with Gasteiger partial charge in [0.05, 0.1) is 6.54 Å². The topological polar surface area (TPSA) is 54.8 Å². The Balaban J connectivity index is 1.61. The van der Waals surface area contributed by atoms with Gasteiger partial charge in [-0.15, -0.1) is 11.3 Å². The molecule has 1 aliphatic rings. The number of halogens is 1. The molecule has 3 rings (SSSR count). The van der Waals surface area contributed by atoms with Crippen molar-refractivity contribution < 1.29 is 14.3 Å². The number of rotatable bonds is 4. The Morgan fingerprint density at radius 1 is 1.31 bits per heavy atom. The number of piperidine rings is 1. The number of thiophene rings is 1. The molecule has 8 heteroatoms. The van der Waals surface area contributed by atoms with E-state index in [4.69, 9.17) is 4.74 Å². The molecule has 0 saturated carbocycles. The summed E-state index contributed by atoms with van der Waals surface area (Å²) in [5, 5.41) is 2.02. The van der Waals surface area contributed by atoms with Gasteiger partial charge < -0.3 is 19.1 Å². The Bertz CT molecular complexity index is 863. The number of nitrogens with zero attached hydrogens (tertiary/aromatic N) is 3. The third-order valence-corrected chi connectivity index (χ3v) is 6.55. The first-order chi connectivity index (χ1) is 13.6. The van der Waals surface area contributed by atoms with E-state index < -0.39 is 5.60 Å². The van der Waals surface area contributed by atoms with Crippen LogP contribution in [0.3, 0.4) is 0 Å². The summed E-state index contributed by atoms with van der Waals surface area (Å²) in [5.74, 6) is 0.00842. The van der Waals surface area contributed by atoms with Crippen LogP contribution in [-0.2, 0) is 11.3 Å². The molecule has 29 heavy (non-hydrogen) atoms. The minimum Gasteiger partial charge on any atom is -0.444 e. The van der Waals surface area contributed by atoms with Crippen LogP contribution in [0.25, 0.3) is 0 Å². The second kappa shape index (κ2) is 8.92. The van der Waals surface area contributed by atoms with Crippen molar-refractivity contribution in [1.82, 2.24) is 14.4 Å². The van der Waals surface area contributed by atoms with Crippen LogP contribution in [0.2, 0.25) is 0 Å². The summed E-state index contributed by atoms with van der Waals surface area (Å²) in [6, 6.07) is 6.04. The summed E-state index contributed by atoms with van der Waals surface area (Å²) in [5.41, 5.74) is 0.204. The first kappa shape index (κ1) is 21.9. The number of carbonyl (C=O) groups is 2. The quantitative estimate of drug-likeness (QED) is 0.605. The van der Waals surface area contributed by atoms with Crippen molar-refractivity contribution in [3.8, 4) is 0 Å². The van der Waals surface area contributed by atoms with Crippen LogP contribution in [0.15, 0.2) is 34.2 Å². The molecule has 0 unspecified atom stereocenters. The highest BCUT2D eigenvalue weighted by molar-refractivity contribution is 9.10. The lowest BCUT2D eigenvalue weighted by Gasteiger charge is -2.34. The van der Waals surface area contributed by atoms with Gasteiger partial charge in [0.2, 0.25) is 0 Å². The molecule has 3 heterocycles. The summed E-state index contributed by atoms with van der Waals surface area (Å²) in [6.45, 7) is 7.47. The van der Waals surface area contributed by atoms with Gasteiger partial charge in [-0.3, -0.25) is 4.79 Å². The van der Waals surface area contributed by atoms with E-state index in [1.807, 2.05) is 57.6 Å². The first-order valence-corrected chi connectivity index (χ1v) is 11.4. The number of ether oxygens (including phenoxy) is 1. The van der Waals surface area contributed by atoms with Crippen LogP contribution in [0.5, 0.6) is 0 Å². The van der Waals surface area contributed by atoms with Crippen LogP contribution in [0, 0.1) is 0 Å². The molecule has 0 atom stereocenters. The second-order valence-electron chi connectivity index (χ2n) is 8.39. The van der Waals surface area contributed by atoms with Crippen LogP contribution >= 0.6 is 27.3 Å². The number of amides is 2. The van der Waals surface area contributed by atoms with Crippen LogP contribution in [0.1, 0.15) is 55.0 Å². The van der Waals surface area contributed by atoms with Crippen LogP contribution < -0.4 is 0 Å². The molecule has 0 aromatic carbocycles. The molecule has 0 aliphatic carbocycles. The molecule has 1 aliphatic heterocycles. The summed E-state index contributed by atoms with van der Waals surface area (Å²) < 4.78 is 8.58. The molecule has 2 aromatic rings. The van der Waals surface area contributed by atoms with Gasteiger partial charge in [-0.25, -0.2) is 4.79 Å². The van der Waals surface area contributed by atoms with E-state index in [0.29, 0.717) is 25.3 Å². The molecule has 1 saturated heterocycles. The normalized spacial score (nSPS) is 15.4. The maximum absolute atomic E-state index is 13.0. The Morgan fingerprint density at radius 3 is 2.59 bits per heavy atom. The largest absolute Gasteiger partial charge is 0.444 e. The van der Waals surface area contributed by atoms with E-state index in [1.54, 1.807) is 21.1 Å². The van der Waals surface area contributed by atoms with Crippen molar-refractivity contribution in [2.75, 3.05) is 20.1 Å². The molecule has 158 valence electrons. The highest BCUT2D eigenvalue weighted by atomic mass is 79.9. The van der Waals surface area contributed by atoms with Crippen molar-refractivity contribution >= 4 is 39.3 Å². The fraction of sp³-hybridized carbons (Fsp3) is 0.524. The minimum absolute atomic E-state index is 0.00842. The number of aromatic nitrogens is 1. The Kier molecular flexibility index (Phi) is 6.73.